The highest BCUT2D eigenvalue weighted by atomic mass is 32.2. The van der Waals surface area contributed by atoms with Crippen molar-refractivity contribution < 1.29 is 8.42 Å². The van der Waals surface area contributed by atoms with Crippen molar-refractivity contribution in [3.8, 4) is 10.6 Å². The molecule has 1 N–H and O–H groups in total. The molecule has 5 nitrogen and oxygen atoms in total. The topological polar surface area (TPSA) is 72.0 Å². The van der Waals surface area contributed by atoms with Gasteiger partial charge in [0.15, 0.2) is 0 Å². The number of hydrogen-bond acceptors (Lipinski definition) is 5. The Kier molecular flexibility index (Phi) is 4.85. The standard InChI is InChI=1S/C13H17N3O2S2/c1-3-20(17,18)15-9-6-12-10(2)16-13(19-12)11-4-7-14-8-5-11/h4-5,7-8,15H,3,6,9H2,1-2H3. The maximum atomic E-state index is 11.4. The van der Waals surface area contributed by atoms with Crippen molar-refractivity contribution in [2.24, 2.45) is 0 Å². The van der Waals surface area contributed by atoms with Crippen LogP contribution in [0.4, 0.5) is 0 Å². The monoisotopic (exact) mass is 311 g/mol. The maximum Gasteiger partial charge on any atom is 0.211 e. The van der Waals surface area contributed by atoms with Crippen molar-refractivity contribution in [2.45, 2.75) is 20.3 Å². The van der Waals surface area contributed by atoms with Crippen LogP contribution in [0.2, 0.25) is 0 Å². The molecule has 0 fully saturated rings. The van der Waals surface area contributed by atoms with E-state index in [0.29, 0.717) is 13.0 Å². The van der Waals surface area contributed by atoms with Gasteiger partial charge in [-0.15, -0.1) is 11.3 Å². The summed E-state index contributed by atoms with van der Waals surface area (Å²) in [5, 5.41) is 0.943. The number of aryl methyl sites for hydroxylation is 1. The minimum Gasteiger partial charge on any atom is -0.265 e. The minimum absolute atomic E-state index is 0.108. The molecule has 0 bridgehead atoms. The van der Waals surface area contributed by atoms with Crippen molar-refractivity contribution in [1.82, 2.24) is 14.7 Å². The van der Waals surface area contributed by atoms with Gasteiger partial charge in [0, 0.05) is 29.4 Å². The first-order chi connectivity index (χ1) is 9.52. The number of thiazole rings is 1. The van der Waals surface area contributed by atoms with Crippen LogP contribution in [0.5, 0.6) is 0 Å². The van der Waals surface area contributed by atoms with Crippen LogP contribution in [0, 0.1) is 6.92 Å². The van der Waals surface area contributed by atoms with Gasteiger partial charge in [-0.25, -0.2) is 18.1 Å². The highest BCUT2D eigenvalue weighted by Gasteiger charge is 2.11. The van der Waals surface area contributed by atoms with E-state index in [2.05, 4.69) is 14.7 Å². The van der Waals surface area contributed by atoms with Gasteiger partial charge in [-0.3, -0.25) is 4.98 Å². The zero-order chi connectivity index (χ0) is 14.6. The second-order valence-electron chi connectivity index (χ2n) is 4.31. The lowest BCUT2D eigenvalue weighted by Crippen LogP contribution is -2.27. The van der Waals surface area contributed by atoms with Crippen LogP contribution < -0.4 is 4.72 Å². The van der Waals surface area contributed by atoms with Crippen LogP contribution >= 0.6 is 11.3 Å². The molecule has 0 aliphatic rings. The highest BCUT2D eigenvalue weighted by molar-refractivity contribution is 7.89. The lowest BCUT2D eigenvalue weighted by atomic mass is 10.3. The second kappa shape index (κ2) is 6.43. The van der Waals surface area contributed by atoms with E-state index in [1.54, 1.807) is 30.7 Å². The molecular weight excluding hydrogens is 294 g/mol. The molecule has 0 radical (unpaired) electrons. The van der Waals surface area contributed by atoms with Crippen molar-refractivity contribution >= 4 is 21.4 Å². The third kappa shape index (κ3) is 3.84. The molecule has 0 atom stereocenters. The molecule has 7 heteroatoms. The molecule has 0 unspecified atom stereocenters. The van der Waals surface area contributed by atoms with Crippen LogP contribution in [0.25, 0.3) is 10.6 Å². The zero-order valence-electron chi connectivity index (χ0n) is 11.5. The number of aromatic nitrogens is 2. The molecule has 0 aliphatic carbocycles. The van der Waals surface area contributed by atoms with Crippen molar-refractivity contribution in [3.05, 3.63) is 35.1 Å². The normalized spacial score (nSPS) is 11.7. The highest BCUT2D eigenvalue weighted by Crippen LogP contribution is 2.27. The maximum absolute atomic E-state index is 11.4. The van der Waals surface area contributed by atoms with Gasteiger partial charge in [-0.2, -0.15) is 0 Å². The summed E-state index contributed by atoms with van der Waals surface area (Å²) in [7, 11) is -3.12. The molecule has 0 saturated heterocycles. The first-order valence-corrected chi connectivity index (χ1v) is 8.82. The molecule has 0 amide bonds. The quantitative estimate of drug-likeness (QED) is 0.885. The van der Waals surface area contributed by atoms with Gasteiger partial charge in [0.25, 0.3) is 0 Å². The van der Waals surface area contributed by atoms with Crippen LogP contribution in [-0.2, 0) is 16.4 Å². The van der Waals surface area contributed by atoms with E-state index in [9.17, 15) is 8.42 Å². The Balaban J connectivity index is 2.05. The fraction of sp³-hybridized carbons (Fsp3) is 0.385. The van der Waals surface area contributed by atoms with E-state index in [-0.39, 0.29) is 5.75 Å². The van der Waals surface area contributed by atoms with Gasteiger partial charge in [-0.1, -0.05) is 0 Å². The molecule has 2 heterocycles. The van der Waals surface area contributed by atoms with Crippen LogP contribution in [0.3, 0.4) is 0 Å². The van der Waals surface area contributed by atoms with E-state index < -0.39 is 10.0 Å². The SMILES string of the molecule is CCS(=O)(=O)NCCc1sc(-c2ccncc2)nc1C. The van der Waals surface area contributed by atoms with Gasteiger partial charge in [0.2, 0.25) is 10.0 Å². The average molecular weight is 311 g/mol. The Bertz CT molecular complexity index is 666. The largest absolute Gasteiger partial charge is 0.265 e. The van der Waals surface area contributed by atoms with Gasteiger partial charge < -0.3 is 0 Å². The average Bonchev–Trinajstić information content (AvgIpc) is 2.81. The van der Waals surface area contributed by atoms with E-state index in [1.165, 1.54) is 0 Å². The van der Waals surface area contributed by atoms with E-state index >= 15 is 0 Å². The second-order valence-corrected chi connectivity index (χ2v) is 7.49. The number of nitrogens with zero attached hydrogens (tertiary/aromatic N) is 2. The summed E-state index contributed by atoms with van der Waals surface area (Å²) in [5.74, 6) is 0.108. The third-order valence-corrected chi connectivity index (χ3v) is 5.54. The molecule has 108 valence electrons. The van der Waals surface area contributed by atoms with Gasteiger partial charge in [0.1, 0.15) is 5.01 Å². The van der Waals surface area contributed by atoms with Gasteiger partial charge in [0.05, 0.1) is 11.4 Å². The first kappa shape index (κ1) is 15.1. The number of rotatable bonds is 6. The summed E-state index contributed by atoms with van der Waals surface area (Å²) >= 11 is 1.60. The molecule has 0 saturated carbocycles. The Labute approximate surface area is 123 Å². The minimum atomic E-state index is -3.12. The van der Waals surface area contributed by atoms with Crippen LogP contribution in [0.15, 0.2) is 24.5 Å². The Morgan fingerprint density at radius 3 is 2.65 bits per heavy atom. The molecular formula is C13H17N3O2S2. The van der Waals surface area contributed by atoms with Gasteiger partial charge in [-0.05, 0) is 32.4 Å². The number of sulfonamides is 1. The Morgan fingerprint density at radius 2 is 2.00 bits per heavy atom. The summed E-state index contributed by atoms with van der Waals surface area (Å²) in [4.78, 5) is 9.62. The lowest BCUT2D eigenvalue weighted by Gasteiger charge is -2.02. The summed E-state index contributed by atoms with van der Waals surface area (Å²) in [6.45, 7) is 3.99. The molecule has 2 rings (SSSR count). The van der Waals surface area contributed by atoms with Crippen LogP contribution in [-0.4, -0.2) is 30.7 Å². The Morgan fingerprint density at radius 1 is 1.30 bits per heavy atom. The smallest absolute Gasteiger partial charge is 0.211 e. The molecule has 2 aromatic heterocycles. The fourth-order valence-electron chi connectivity index (χ4n) is 1.70. The summed E-state index contributed by atoms with van der Waals surface area (Å²) in [6, 6.07) is 3.84. The lowest BCUT2D eigenvalue weighted by molar-refractivity contribution is 0.583. The number of nitrogens with one attached hydrogen (secondary N) is 1. The van der Waals surface area contributed by atoms with E-state index in [4.69, 9.17) is 0 Å². The summed E-state index contributed by atoms with van der Waals surface area (Å²) < 4.78 is 25.3. The van der Waals surface area contributed by atoms with Crippen molar-refractivity contribution in [3.63, 3.8) is 0 Å². The predicted molar refractivity (Wildman–Crippen MR) is 81.2 cm³/mol. The third-order valence-electron chi connectivity index (χ3n) is 2.87. The van der Waals surface area contributed by atoms with E-state index in [0.717, 1.165) is 21.1 Å². The van der Waals surface area contributed by atoms with E-state index in [1.807, 2.05) is 19.1 Å². The predicted octanol–water partition coefficient (Wildman–Crippen LogP) is 2.00. The molecule has 0 aromatic carbocycles. The number of pyridine rings is 1. The number of hydrogen-bond donors (Lipinski definition) is 1. The molecule has 0 spiro atoms. The molecule has 20 heavy (non-hydrogen) atoms. The van der Waals surface area contributed by atoms with Gasteiger partial charge >= 0.3 is 0 Å². The Hall–Kier alpha value is -1.31. The molecule has 0 aliphatic heterocycles. The van der Waals surface area contributed by atoms with Crippen LogP contribution in [0.1, 0.15) is 17.5 Å². The summed E-state index contributed by atoms with van der Waals surface area (Å²) in [6.07, 6.45) is 4.13. The van der Waals surface area contributed by atoms with Crippen molar-refractivity contribution in [1.29, 1.82) is 0 Å². The fourth-order valence-corrected chi connectivity index (χ4v) is 3.38. The summed E-state index contributed by atoms with van der Waals surface area (Å²) in [5.41, 5.74) is 1.99. The van der Waals surface area contributed by atoms with Crippen molar-refractivity contribution in [2.75, 3.05) is 12.3 Å². The molecule has 2 aromatic rings. The zero-order valence-corrected chi connectivity index (χ0v) is 13.1. The first-order valence-electron chi connectivity index (χ1n) is 6.36.